The van der Waals surface area contributed by atoms with E-state index in [2.05, 4.69) is 21.2 Å². The van der Waals surface area contributed by atoms with E-state index in [-0.39, 0.29) is 11.7 Å². The minimum atomic E-state index is -0.741. The largest absolute Gasteiger partial charge is 0.479 e. The standard InChI is InChI=1S/C17H15BrClNO3/c1-10(21)12-4-3-5-14(8-12)20-17(22)11(2)23-16-7-6-13(18)9-15(16)19/h3-9,11H,1-2H3,(H,20,22)/t11-/m1/s1. The molecule has 0 saturated carbocycles. The number of carbonyl (C=O) groups is 2. The number of carbonyl (C=O) groups excluding carboxylic acids is 2. The zero-order valence-corrected chi connectivity index (χ0v) is 14.9. The van der Waals surface area contributed by atoms with Gasteiger partial charge in [-0.15, -0.1) is 0 Å². The van der Waals surface area contributed by atoms with Crippen LogP contribution < -0.4 is 10.1 Å². The first kappa shape index (κ1) is 17.5. The van der Waals surface area contributed by atoms with E-state index in [1.807, 2.05) is 0 Å². The molecule has 0 spiro atoms. The molecule has 0 aliphatic heterocycles. The van der Waals surface area contributed by atoms with Gasteiger partial charge in [-0.2, -0.15) is 0 Å². The molecule has 0 aliphatic carbocycles. The molecule has 0 aliphatic rings. The van der Waals surface area contributed by atoms with Gasteiger partial charge < -0.3 is 10.1 Å². The third-order valence-electron chi connectivity index (χ3n) is 3.10. The molecule has 0 bridgehead atoms. The lowest BCUT2D eigenvalue weighted by Crippen LogP contribution is -2.30. The quantitative estimate of drug-likeness (QED) is 0.745. The van der Waals surface area contributed by atoms with Crippen LogP contribution in [0.5, 0.6) is 5.75 Å². The summed E-state index contributed by atoms with van der Waals surface area (Å²) in [4.78, 5) is 23.6. The summed E-state index contributed by atoms with van der Waals surface area (Å²) >= 11 is 9.38. The van der Waals surface area contributed by atoms with Crippen LogP contribution in [0, 0.1) is 0 Å². The average molecular weight is 397 g/mol. The van der Waals surface area contributed by atoms with E-state index in [9.17, 15) is 9.59 Å². The van der Waals surface area contributed by atoms with Crippen LogP contribution in [-0.4, -0.2) is 17.8 Å². The predicted molar refractivity (Wildman–Crippen MR) is 94.3 cm³/mol. The van der Waals surface area contributed by atoms with E-state index < -0.39 is 6.10 Å². The number of nitrogens with one attached hydrogen (secondary N) is 1. The normalized spacial score (nSPS) is 11.7. The molecule has 6 heteroatoms. The molecule has 0 radical (unpaired) electrons. The third kappa shape index (κ3) is 4.81. The van der Waals surface area contributed by atoms with Crippen molar-refractivity contribution in [2.45, 2.75) is 20.0 Å². The van der Waals surface area contributed by atoms with Crippen molar-refractivity contribution in [1.29, 1.82) is 0 Å². The third-order valence-corrected chi connectivity index (χ3v) is 3.89. The number of hydrogen-bond acceptors (Lipinski definition) is 3. The molecule has 23 heavy (non-hydrogen) atoms. The van der Waals surface area contributed by atoms with Crippen LogP contribution in [0.4, 0.5) is 5.69 Å². The lowest BCUT2D eigenvalue weighted by atomic mass is 10.1. The first-order valence-corrected chi connectivity index (χ1v) is 8.07. The summed E-state index contributed by atoms with van der Waals surface area (Å²) in [5.41, 5.74) is 1.08. The van der Waals surface area contributed by atoms with Crippen molar-refractivity contribution in [1.82, 2.24) is 0 Å². The van der Waals surface area contributed by atoms with E-state index >= 15 is 0 Å². The first-order valence-electron chi connectivity index (χ1n) is 6.90. The second kappa shape index (κ2) is 7.62. The van der Waals surface area contributed by atoms with Gasteiger partial charge in [-0.05, 0) is 44.2 Å². The van der Waals surface area contributed by atoms with Gasteiger partial charge >= 0.3 is 0 Å². The zero-order valence-electron chi connectivity index (χ0n) is 12.6. The van der Waals surface area contributed by atoms with Gasteiger partial charge in [0.1, 0.15) is 5.75 Å². The summed E-state index contributed by atoms with van der Waals surface area (Å²) in [5.74, 6) is 0.0340. The minimum absolute atomic E-state index is 0.0629. The fourth-order valence-electron chi connectivity index (χ4n) is 1.87. The number of amides is 1. The van der Waals surface area contributed by atoms with Gasteiger partial charge in [0.2, 0.25) is 0 Å². The van der Waals surface area contributed by atoms with Crippen LogP contribution in [0.25, 0.3) is 0 Å². The molecule has 2 rings (SSSR count). The molecular weight excluding hydrogens is 382 g/mol. The van der Waals surface area contributed by atoms with Gasteiger partial charge in [0, 0.05) is 15.7 Å². The molecule has 0 fully saturated rings. The molecule has 0 aromatic heterocycles. The van der Waals surface area contributed by atoms with Crippen molar-refractivity contribution in [2.75, 3.05) is 5.32 Å². The summed E-state index contributed by atoms with van der Waals surface area (Å²) < 4.78 is 6.41. The second-order valence-corrected chi connectivity index (χ2v) is 6.28. The highest BCUT2D eigenvalue weighted by atomic mass is 79.9. The summed E-state index contributed by atoms with van der Waals surface area (Å²) in [6.45, 7) is 3.10. The Hall–Kier alpha value is -1.85. The van der Waals surface area contributed by atoms with Gasteiger partial charge in [0.25, 0.3) is 5.91 Å². The highest BCUT2D eigenvalue weighted by Gasteiger charge is 2.16. The number of benzene rings is 2. The molecule has 0 heterocycles. The number of rotatable bonds is 5. The van der Waals surface area contributed by atoms with Gasteiger partial charge in [-0.1, -0.05) is 39.7 Å². The van der Waals surface area contributed by atoms with Gasteiger partial charge in [-0.3, -0.25) is 9.59 Å². The zero-order chi connectivity index (χ0) is 17.0. The van der Waals surface area contributed by atoms with Crippen molar-refractivity contribution in [3.05, 3.63) is 57.5 Å². The lowest BCUT2D eigenvalue weighted by Gasteiger charge is -2.16. The van der Waals surface area contributed by atoms with Crippen molar-refractivity contribution in [3.63, 3.8) is 0 Å². The number of hydrogen-bond donors (Lipinski definition) is 1. The molecule has 4 nitrogen and oxygen atoms in total. The van der Waals surface area contributed by atoms with Gasteiger partial charge in [-0.25, -0.2) is 0 Å². The smallest absolute Gasteiger partial charge is 0.265 e. The Kier molecular flexibility index (Phi) is 5.80. The van der Waals surface area contributed by atoms with E-state index in [1.54, 1.807) is 49.4 Å². The number of ether oxygens (including phenoxy) is 1. The summed E-state index contributed by atoms with van der Waals surface area (Å²) in [5, 5.41) is 3.13. The number of halogens is 2. The summed E-state index contributed by atoms with van der Waals surface area (Å²) in [6, 6.07) is 11.9. The molecule has 0 unspecified atom stereocenters. The van der Waals surface area contributed by atoms with Crippen LogP contribution in [0.1, 0.15) is 24.2 Å². The molecule has 2 aromatic rings. The molecule has 2 aromatic carbocycles. The van der Waals surface area contributed by atoms with E-state index in [0.29, 0.717) is 22.0 Å². The lowest BCUT2D eigenvalue weighted by molar-refractivity contribution is -0.122. The fraction of sp³-hybridized carbons (Fsp3) is 0.176. The Morgan fingerprint density at radius 1 is 1.22 bits per heavy atom. The van der Waals surface area contributed by atoms with E-state index in [4.69, 9.17) is 16.3 Å². The molecule has 1 N–H and O–H groups in total. The maximum absolute atomic E-state index is 12.2. The summed E-state index contributed by atoms with van der Waals surface area (Å²) in [7, 11) is 0. The van der Waals surface area contributed by atoms with Crippen molar-refractivity contribution in [3.8, 4) is 5.75 Å². The SMILES string of the molecule is CC(=O)c1cccc(NC(=O)[C@@H](C)Oc2ccc(Br)cc2Cl)c1. The van der Waals surface area contributed by atoms with Crippen LogP contribution in [-0.2, 0) is 4.79 Å². The molecule has 0 saturated heterocycles. The predicted octanol–water partition coefficient (Wildman–Crippen LogP) is 4.71. The Bertz CT molecular complexity index is 748. The molecule has 1 atom stereocenters. The van der Waals surface area contributed by atoms with Crippen molar-refractivity contribution in [2.24, 2.45) is 0 Å². The average Bonchev–Trinajstić information content (AvgIpc) is 2.50. The van der Waals surface area contributed by atoms with Crippen LogP contribution in [0.3, 0.4) is 0 Å². The van der Waals surface area contributed by atoms with Crippen LogP contribution >= 0.6 is 27.5 Å². The highest BCUT2D eigenvalue weighted by Crippen LogP contribution is 2.28. The number of ketones is 1. The Morgan fingerprint density at radius 3 is 2.61 bits per heavy atom. The molecule has 120 valence electrons. The van der Waals surface area contributed by atoms with Crippen molar-refractivity contribution >= 4 is 44.9 Å². The van der Waals surface area contributed by atoms with E-state index in [0.717, 1.165) is 4.47 Å². The Balaban J connectivity index is 2.05. The maximum atomic E-state index is 12.2. The number of Topliss-reactive ketones (excluding diaryl/α,β-unsaturated/α-hetero) is 1. The maximum Gasteiger partial charge on any atom is 0.265 e. The number of anilines is 1. The fourth-order valence-corrected chi connectivity index (χ4v) is 2.59. The monoisotopic (exact) mass is 395 g/mol. The minimum Gasteiger partial charge on any atom is -0.479 e. The highest BCUT2D eigenvalue weighted by molar-refractivity contribution is 9.10. The topological polar surface area (TPSA) is 55.4 Å². The van der Waals surface area contributed by atoms with E-state index in [1.165, 1.54) is 6.92 Å². The summed E-state index contributed by atoms with van der Waals surface area (Å²) in [6.07, 6.45) is -0.741. The van der Waals surface area contributed by atoms with Crippen molar-refractivity contribution < 1.29 is 14.3 Å². The second-order valence-electron chi connectivity index (χ2n) is 4.96. The Labute approximate surface area is 147 Å². The van der Waals surface area contributed by atoms with Crippen LogP contribution in [0.2, 0.25) is 5.02 Å². The molecular formula is C17H15BrClNO3. The Morgan fingerprint density at radius 2 is 1.96 bits per heavy atom. The van der Waals surface area contributed by atoms with Gasteiger partial charge in [0.05, 0.1) is 5.02 Å². The first-order chi connectivity index (χ1) is 10.9. The van der Waals surface area contributed by atoms with Crippen LogP contribution in [0.15, 0.2) is 46.9 Å². The van der Waals surface area contributed by atoms with Gasteiger partial charge in [0.15, 0.2) is 11.9 Å². The molecule has 1 amide bonds.